The first-order chi connectivity index (χ1) is 2.64. The van der Waals surface area contributed by atoms with Crippen molar-refractivity contribution in [1.82, 2.24) is 0 Å². The Morgan fingerprint density at radius 1 is 1.00 bits per heavy atom. The van der Waals surface area contributed by atoms with Crippen LogP contribution < -0.4 is 0 Å². The number of hydrogen-bond donors (Lipinski definition) is 2. The molecule has 0 aromatic heterocycles. The van der Waals surface area contributed by atoms with E-state index in [-0.39, 0.29) is 16.5 Å². The van der Waals surface area contributed by atoms with E-state index in [9.17, 15) is 0 Å². The molecule has 0 radical (unpaired) electrons. The van der Waals surface area contributed by atoms with Crippen LogP contribution in [0.4, 0.5) is 0 Å². The zero-order chi connectivity index (χ0) is 5.15. The first-order valence-electron chi connectivity index (χ1n) is 1.75. The van der Waals surface area contributed by atoms with Gasteiger partial charge in [-0.25, -0.2) is 0 Å². The summed E-state index contributed by atoms with van der Waals surface area (Å²) in [5, 5.41) is 13.4. The monoisotopic (exact) mass is 142 g/mol. The van der Waals surface area contributed by atoms with Crippen LogP contribution >= 0.6 is 0 Å². The van der Waals surface area contributed by atoms with Crippen LogP contribution in [0.2, 0.25) is 0 Å². The second-order valence-electron chi connectivity index (χ2n) is 1.25. The molecule has 0 aliphatic carbocycles. The zero-order valence-corrected chi connectivity index (χ0v) is 5.30. The fourth-order valence-corrected chi connectivity index (χ4v) is 0. The van der Waals surface area contributed by atoms with E-state index in [1.54, 1.807) is 13.8 Å². The van der Waals surface area contributed by atoms with Gasteiger partial charge in [-0.15, -0.1) is 0 Å². The Morgan fingerprint density at radius 3 is 1.14 bits per heavy atom. The minimum Gasteiger partial charge on any atom is -0.304 e. The molecule has 0 amide bonds. The van der Waals surface area contributed by atoms with Crippen molar-refractivity contribution in [3.63, 3.8) is 0 Å². The van der Waals surface area contributed by atoms with E-state index in [4.69, 9.17) is 10.8 Å². The molecule has 0 saturated heterocycles. The van der Waals surface area contributed by atoms with Gasteiger partial charge in [0.2, 0.25) is 0 Å². The smallest absolute Gasteiger partial charge is 0.0487 e. The molecule has 0 heterocycles. The van der Waals surface area contributed by atoms with Crippen molar-refractivity contribution in [1.29, 1.82) is 10.8 Å². The SMILES string of the molecule is CC(=N)C(C)=N.[Ni]. The Balaban J connectivity index is 0. The van der Waals surface area contributed by atoms with Crippen molar-refractivity contribution < 1.29 is 16.5 Å². The molecule has 44 valence electrons. The van der Waals surface area contributed by atoms with E-state index < -0.39 is 0 Å². The molecule has 0 atom stereocenters. The minimum atomic E-state index is 0. The normalized spacial score (nSPS) is 6.57. The van der Waals surface area contributed by atoms with Gasteiger partial charge >= 0.3 is 0 Å². The zero-order valence-electron chi connectivity index (χ0n) is 4.32. The van der Waals surface area contributed by atoms with Crippen LogP contribution in [0, 0.1) is 10.8 Å². The van der Waals surface area contributed by atoms with Crippen molar-refractivity contribution in [2.24, 2.45) is 0 Å². The maximum atomic E-state index is 6.72. The average Bonchev–Trinajstić information content (AvgIpc) is 1.36. The summed E-state index contributed by atoms with van der Waals surface area (Å²) in [6, 6.07) is 0. The van der Waals surface area contributed by atoms with E-state index in [0.29, 0.717) is 11.4 Å². The number of rotatable bonds is 1. The van der Waals surface area contributed by atoms with Crippen molar-refractivity contribution in [2.75, 3.05) is 0 Å². The van der Waals surface area contributed by atoms with Crippen molar-refractivity contribution in [2.45, 2.75) is 13.8 Å². The summed E-state index contributed by atoms with van der Waals surface area (Å²) >= 11 is 0. The molecular formula is C4H8N2Ni. The Morgan fingerprint density at radius 2 is 1.14 bits per heavy atom. The fourth-order valence-electron chi connectivity index (χ4n) is 0. The third-order valence-corrected chi connectivity index (χ3v) is 0.562. The van der Waals surface area contributed by atoms with E-state index >= 15 is 0 Å². The molecule has 2 N–H and O–H groups in total. The van der Waals surface area contributed by atoms with E-state index in [0.717, 1.165) is 0 Å². The van der Waals surface area contributed by atoms with Crippen molar-refractivity contribution >= 4 is 11.4 Å². The van der Waals surface area contributed by atoms with E-state index in [2.05, 4.69) is 0 Å². The van der Waals surface area contributed by atoms with Gasteiger partial charge in [0.1, 0.15) is 0 Å². The van der Waals surface area contributed by atoms with Gasteiger partial charge in [0.15, 0.2) is 0 Å². The molecule has 0 aromatic rings. The largest absolute Gasteiger partial charge is 0.304 e. The van der Waals surface area contributed by atoms with Gasteiger partial charge in [-0.2, -0.15) is 0 Å². The molecule has 3 heteroatoms. The van der Waals surface area contributed by atoms with Gasteiger partial charge < -0.3 is 10.8 Å². The predicted octanol–water partition coefficient (Wildman–Crippen LogP) is 1.06. The number of hydrogen-bond acceptors (Lipinski definition) is 2. The summed E-state index contributed by atoms with van der Waals surface area (Å²) in [6.07, 6.45) is 0. The van der Waals surface area contributed by atoms with Gasteiger partial charge in [-0.3, -0.25) is 0 Å². The second-order valence-corrected chi connectivity index (χ2v) is 1.25. The van der Waals surface area contributed by atoms with Gasteiger partial charge in [-0.05, 0) is 13.8 Å². The van der Waals surface area contributed by atoms with Crippen LogP contribution in [0.5, 0.6) is 0 Å². The molecule has 0 aliphatic rings. The first-order valence-corrected chi connectivity index (χ1v) is 1.75. The Kier molecular flexibility index (Phi) is 5.69. The summed E-state index contributed by atoms with van der Waals surface area (Å²) in [5.41, 5.74) is 0.685. The summed E-state index contributed by atoms with van der Waals surface area (Å²) in [6.45, 7) is 3.20. The fraction of sp³-hybridized carbons (Fsp3) is 0.500. The molecule has 0 rings (SSSR count). The first kappa shape index (κ1) is 9.95. The number of nitrogens with one attached hydrogen (secondary N) is 2. The Labute approximate surface area is 53.3 Å². The minimum absolute atomic E-state index is 0. The van der Waals surface area contributed by atoms with Crippen molar-refractivity contribution in [3.8, 4) is 0 Å². The van der Waals surface area contributed by atoms with Crippen LogP contribution in [-0.2, 0) is 16.5 Å². The standard InChI is InChI=1S/C4H8N2.Ni/c1-3(5)4(2)6;/h5-6H,1-2H3;. The van der Waals surface area contributed by atoms with E-state index in [1.165, 1.54) is 0 Å². The van der Waals surface area contributed by atoms with Gasteiger partial charge in [0, 0.05) is 27.9 Å². The van der Waals surface area contributed by atoms with Crippen LogP contribution in [0.1, 0.15) is 13.8 Å². The summed E-state index contributed by atoms with van der Waals surface area (Å²) in [4.78, 5) is 0. The van der Waals surface area contributed by atoms with Crippen LogP contribution in [0.15, 0.2) is 0 Å². The van der Waals surface area contributed by atoms with Crippen LogP contribution in [0.3, 0.4) is 0 Å². The second kappa shape index (κ2) is 4.00. The molecule has 0 fully saturated rings. The molecule has 0 unspecified atom stereocenters. The summed E-state index contributed by atoms with van der Waals surface area (Å²) in [5.74, 6) is 0. The van der Waals surface area contributed by atoms with Gasteiger partial charge in [-0.1, -0.05) is 0 Å². The molecule has 0 saturated carbocycles. The molecular weight excluding hydrogens is 135 g/mol. The third kappa shape index (κ3) is 5.83. The maximum absolute atomic E-state index is 6.72. The molecule has 2 nitrogen and oxygen atoms in total. The Bertz CT molecular complexity index is 75.7. The predicted molar refractivity (Wildman–Crippen MR) is 26.8 cm³/mol. The van der Waals surface area contributed by atoms with E-state index in [1.807, 2.05) is 0 Å². The topological polar surface area (TPSA) is 47.7 Å². The summed E-state index contributed by atoms with van der Waals surface area (Å²) in [7, 11) is 0. The quantitative estimate of drug-likeness (QED) is 0.407. The molecule has 0 bridgehead atoms. The van der Waals surface area contributed by atoms with Gasteiger partial charge in [0.05, 0.1) is 0 Å². The van der Waals surface area contributed by atoms with Crippen LogP contribution in [-0.4, -0.2) is 11.4 Å². The van der Waals surface area contributed by atoms with Crippen LogP contribution in [0.25, 0.3) is 0 Å². The third-order valence-electron chi connectivity index (χ3n) is 0.562. The molecule has 7 heavy (non-hydrogen) atoms. The van der Waals surface area contributed by atoms with Gasteiger partial charge in [0.25, 0.3) is 0 Å². The Hall–Kier alpha value is -0.166. The van der Waals surface area contributed by atoms with Crippen molar-refractivity contribution in [3.05, 3.63) is 0 Å². The molecule has 0 spiro atoms. The maximum Gasteiger partial charge on any atom is 0.0487 e. The molecule has 0 aromatic carbocycles. The average molecular weight is 143 g/mol. The molecule has 0 aliphatic heterocycles. The summed E-state index contributed by atoms with van der Waals surface area (Å²) < 4.78 is 0.